The maximum absolute atomic E-state index is 12.5. The number of nitrogens with one attached hydrogen (secondary N) is 2. The van der Waals surface area contributed by atoms with Gasteiger partial charge in [-0.3, -0.25) is 20.4 Å². The van der Waals surface area contributed by atoms with E-state index in [2.05, 4.69) is 5.43 Å². The van der Waals surface area contributed by atoms with E-state index >= 15 is 0 Å². The van der Waals surface area contributed by atoms with Crippen molar-refractivity contribution in [3.63, 3.8) is 0 Å². The number of hydrogen-bond acceptors (Lipinski definition) is 3. The van der Waals surface area contributed by atoms with E-state index in [0.29, 0.717) is 0 Å². The number of amides is 2. The lowest BCUT2D eigenvalue weighted by atomic mass is 10.2. The summed E-state index contributed by atoms with van der Waals surface area (Å²) in [5.41, 5.74) is 4.34. The third kappa shape index (κ3) is 3.38. The largest absolute Gasteiger partial charge is 0.272 e. The standard InChI is InChI=1S/C10H8FN3O2/c11-8-3-1-7(2-4-8)10(16)14-13-9(15)5-6-12/h1-4H,5H2,(H,13,15)(H,14,16). The van der Waals surface area contributed by atoms with Crippen molar-refractivity contribution in [2.45, 2.75) is 6.42 Å². The van der Waals surface area contributed by atoms with Crippen molar-refractivity contribution in [3.05, 3.63) is 35.6 Å². The predicted molar refractivity (Wildman–Crippen MR) is 52.2 cm³/mol. The van der Waals surface area contributed by atoms with Gasteiger partial charge in [-0.05, 0) is 24.3 Å². The molecule has 0 fully saturated rings. The number of hydrazine groups is 1. The molecule has 0 radical (unpaired) electrons. The van der Waals surface area contributed by atoms with Gasteiger partial charge in [0.05, 0.1) is 6.07 Å². The first-order valence-corrected chi connectivity index (χ1v) is 4.35. The molecule has 2 N–H and O–H groups in total. The molecule has 1 rings (SSSR count). The average Bonchev–Trinajstić information content (AvgIpc) is 2.27. The zero-order valence-electron chi connectivity index (χ0n) is 8.16. The van der Waals surface area contributed by atoms with Gasteiger partial charge in [0.2, 0.25) is 0 Å². The van der Waals surface area contributed by atoms with Gasteiger partial charge >= 0.3 is 0 Å². The quantitative estimate of drug-likeness (QED) is 0.713. The van der Waals surface area contributed by atoms with Crippen LogP contribution in [-0.4, -0.2) is 11.8 Å². The number of carbonyl (C=O) groups excluding carboxylic acids is 2. The van der Waals surface area contributed by atoms with E-state index in [4.69, 9.17) is 5.26 Å². The lowest BCUT2D eigenvalue weighted by molar-refractivity contribution is -0.120. The van der Waals surface area contributed by atoms with Crippen LogP contribution in [0.3, 0.4) is 0 Å². The minimum Gasteiger partial charge on any atom is -0.272 e. The van der Waals surface area contributed by atoms with Crippen LogP contribution in [0, 0.1) is 17.1 Å². The number of hydrogen-bond donors (Lipinski definition) is 2. The number of carbonyl (C=O) groups is 2. The molecule has 0 aliphatic heterocycles. The Hall–Kier alpha value is -2.42. The van der Waals surface area contributed by atoms with Crippen LogP contribution in [0.5, 0.6) is 0 Å². The van der Waals surface area contributed by atoms with Crippen molar-refractivity contribution in [2.75, 3.05) is 0 Å². The van der Waals surface area contributed by atoms with Crippen molar-refractivity contribution < 1.29 is 14.0 Å². The minimum atomic E-state index is -0.613. The first-order chi connectivity index (χ1) is 7.63. The Morgan fingerprint density at radius 3 is 2.44 bits per heavy atom. The number of nitrogens with zero attached hydrogens (tertiary/aromatic N) is 1. The van der Waals surface area contributed by atoms with Crippen molar-refractivity contribution >= 4 is 11.8 Å². The highest BCUT2D eigenvalue weighted by Gasteiger charge is 2.06. The molecule has 0 saturated carbocycles. The fourth-order valence-electron chi connectivity index (χ4n) is 0.916. The van der Waals surface area contributed by atoms with E-state index in [-0.39, 0.29) is 12.0 Å². The Morgan fingerprint density at radius 1 is 1.25 bits per heavy atom. The molecule has 5 nitrogen and oxygen atoms in total. The van der Waals surface area contributed by atoms with E-state index in [9.17, 15) is 14.0 Å². The normalized spacial score (nSPS) is 9.00. The van der Waals surface area contributed by atoms with E-state index in [1.807, 2.05) is 5.43 Å². The molecule has 2 amide bonds. The zero-order chi connectivity index (χ0) is 12.0. The molecular weight excluding hydrogens is 213 g/mol. The molecule has 1 aromatic carbocycles. The Kier molecular flexibility index (Phi) is 3.98. The van der Waals surface area contributed by atoms with Crippen molar-refractivity contribution in [3.8, 4) is 6.07 Å². The fraction of sp³-hybridized carbons (Fsp3) is 0.100. The summed E-state index contributed by atoms with van der Waals surface area (Å²) in [7, 11) is 0. The average molecular weight is 221 g/mol. The topological polar surface area (TPSA) is 82.0 Å². The smallest absolute Gasteiger partial charge is 0.269 e. The maximum Gasteiger partial charge on any atom is 0.269 e. The molecular formula is C10H8FN3O2. The Morgan fingerprint density at radius 2 is 1.88 bits per heavy atom. The number of halogens is 1. The minimum absolute atomic E-state index is 0.207. The second kappa shape index (κ2) is 5.46. The van der Waals surface area contributed by atoms with Gasteiger partial charge in [-0.2, -0.15) is 5.26 Å². The highest BCUT2D eigenvalue weighted by atomic mass is 19.1. The molecule has 0 heterocycles. The van der Waals surface area contributed by atoms with Gasteiger partial charge in [0.1, 0.15) is 12.2 Å². The monoisotopic (exact) mass is 221 g/mol. The summed E-state index contributed by atoms with van der Waals surface area (Å²) in [5, 5.41) is 8.18. The first kappa shape index (κ1) is 11.7. The van der Waals surface area contributed by atoms with Gasteiger partial charge in [0.25, 0.3) is 11.8 Å². The molecule has 0 unspecified atom stereocenters. The molecule has 0 atom stereocenters. The van der Waals surface area contributed by atoms with Gasteiger partial charge in [0.15, 0.2) is 0 Å². The summed E-state index contributed by atoms with van der Waals surface area (Å²) in [4.78, 5) is 22.2. The second-order valence-electron chi connectivity index (χ2n) is 2.84. The first-order valence-electron chi connectivity index (χ1n) is 4.35. The molecule has 16 heavy (non-hydrogen) atoms. The third-order valence-corrected chi connectivity index (χ3v) is 1.66. The van der Waals surface area contributed by atoms with Gasteiger partial charge in [-0.25, -0.2) is 4.39 Å². The van der Waals surface area contributed by atoms with Gasteiger partial charge in [-0.15, -0.1) is 0 Å². The van der Waals surface area contributed by atoms with Crippen LogP contribution in [0.15, 0.2) is 24.3 Å². The van der Waals surface area contributed by atoms with Crippen LogP contribution in [0.2, 0.25) is 0 Å². The SMILES string of the molecule is N#CCC(=O)NNC(=O)c1ccc(F)cc1. The van der Waals surface area contributed by atoms with E-state index < -0.39 is 17.6 Å². The molecule has 0 saturated heterocycles. The highest BCUT2D eigenvalue weighted by molar-refractivity contribution is 5.95. The fourth-order valence-corrected chi connectivity index (χ4v) is 0.916. The van der Waals surface area contributed by atoms with Crippen LogP contribution in [0.4, 0.5) is 4.39 Å². The molecule has 0 spiro atoms. The van der Waals surface area contributed by atoms with Gasteiger partial charge in [-0.1, -0.05) is 0 Å². The summed E-state index contributed by atoms with van der Waals surface area (Å²) < 4.78 is 12.5. The summed E-state index contributed by atoms with van der Waals surface area (Å²) in [6.07, 6.45) is -0.344. The number of benzene rings is 1. The van der Waals surface area contributed by atoms with E-state index in [1.54, 1.807) is 6.07 Å². The molecule has 82 valence electrons. The lowest BCUT2D eigenvalue weighted by Gasteiger charge is -2.05. The molecule has 6 heteroatoms. The van der Waals surface area contributed by atoms with Crippen LogP contribution in [-0.2, 0) is 4.79 Å². The van der Waals surface area contributed by atoms with Gasteiger partial charge in [0, 0.05) is 5.56 Å². The number of nitriles is 1. The Bertz CT molecular complexity index is 436. The van der Waals surface area contributed by atoms with Gasteiger partial charge < -0.3 is 0 Å². The Labute approximate surface area is 90.8 Å². The predicted octanol–water partition coefficient (Wildman–Crippen LogP) is 0.500. The van der Waals surface area contributed by atoms with Crippen molar-refractivity contribution in [1.29, 1.82) is 5.26 Å². The summed E-state index contributed by atoms with van der Waals surface area (Å²) in [6, 6.07) is 6.45. The highest BCUT2D eigenvalue weighted by Crippen LogP contribution is 2.01. The van der Waals surface area contributed by atoms with Crippen LogP contribution in [0.25, 0.3) is 0 Å². The Balaban J connectivity index is 2.50. The maximum atomic E-state index is 12.5. The molecule has 0 aliphatic rings. The lowest BCUT2D eigenvalue weighted by Crippen LogP contribution is -2.41. The van der Waals surface area contributed by atoms with E-state index in [1.165, 1.54) is 12.1 Å². The van der Waals surface area contributed by atoms with Crippen LogP contribution < -0.4 is 10.9 Å². The molecule has 0 bridgehead atoms. The third-order valence-electron chi connectivity index (χ3n) is 1.66. The second-order valence-corrected chi connectivity index (χ2v) is 2.84. The van der Waals surface area contributed by atoms with Crippen molar-refractivity contribution in [1.82, 2.24) is 10.9 Å². The molecule has 0 aliphatic carbocycles. The summed E-state index contributed by atoms with van der Waals surface area (Å²) >= 11 is 0. The van der Waals surface area contributed by atoms with Crippen LogP contribution in [0.1, 0.15) is 16.8 Å². The zero-order valence-corrected chi connectivity index (χ0v) is 8.16. The summed E-state index contributed by atoms with van der Waals surface area (Å²) in [6.45, 7) is 0. The van der Waals surface area contributed by atoms with Crippen molar-refractivity contribution in [2.24, 2.45) is 0 Å². The number of rotatable bonds is 2. The molecule has 0 aromatic heterocycles. The summed E-state index contributed by atoms with van der Waals surface area (Å²) in [5.74, 6) is -1.64. The van der Waals surface area contributed by atoms with E-state index in [0.717, 1.165) is 12.1 Å². The van der Waals surface area contributed by atoms with Crippen LogP contribution >= 0.6 is 0 Å². The molecule has 1 aromatic rings.